The maximum absolute atomic E-state index is 10.2. The third kappa shape index (κ3) is 6.04. The van der Waals surface area contributed by atoms with E-state index in [4.69, 9.17) is 4.74 Å². The van der Waals surface area contributed by atoms with Gasteiger partial charge in [0.2, 0.25) is 0 Å². The third-order valence-corrected chi connectivity index (χ3v) is 4.07. The zero-order chi connectivity index (χ0) is 15.7. The molecule has 1 rings (SSSR count). The summed E-state index contributed by atoms with van der Waals surface area (Å²) in [4.78, 5) is 4.46. The predicted molar refractivity (Wildman–Crippen MR) is 88.0 cm³/mol. The second kappa shape index (κ2) is 9.78. The fourth-order valence-electron chi connectivity index (χ4n) is 2.76. The van der Waals surface area contributed by atoms with E-state index in [0.717, 1.165) is 35.4 Å². The van der Waals surface area contributed by atoms with E-state index in [1.165, 1.54) is 32.1 Å². The molecule has 1 aromatic rings. The van der Waals surface area contributed by atoms with Crippen LogP contribution in [0.2, 0.25) is 0 Å². The van der Waals surface area contributed by atoms with Crippen molar-refractivity contribution in [1.82, 2.24) is 4.98 Å². The van der Waals surface area contributed by atoms with Crippen LogP contribution in [0.1, 0.15) is 68.7 Å². The molecule has 0 aromatic carbocycles. The van der Waals surface area contributed by atoms with Gasteiger partial charge in [0.25, 0.3) is 0 Å². The van der Waals surface area contributed by atoms with Gasteiger partial charge in [-0.1, -0.05) is 45.4 Å². The van der Waals surface area contributed by atoms with Crippen molar-refractivity contribution in [2.75, 3.05) is 7.11 Å². The Bertz CT molecular complexity index is 418. The molecule has 3 nitrogen and oxygen atoms in total. The quantitative estimate of drug-likeness (QED) is 0.652. The first-order chi connectivity index (χ1) is 10.1. The molecule has 1 N–H and O–H groups in total. The summed E-state index contributed by atoms with van der Waals surface area (Å²) < 4.78 is 5.41. The van der Waals surface area contributed by atoms with E-state index in [1.807, 2.05) is 20.0 Å². The number of aromatic nitrogens is 1. The second-order valence-corrected chi connectivity index (χ2v) is 5.96. The van der Waals surface area contributed by atoms with E-state index in [1.54, 1.807) is 7.11 Å². The van der Waals surface area contributed by atoms with Crippen LogP contribution in [0.15, 0.2) is 6.20 Å². The number of rotatable bonds is 10. The van der Waals surface area contributed by atoms with E-state index in [0.29, 0.717) is 6.42 Å². The zero-order valence-electron chi connectivity index (χ0n) is 14.1. The fourth-order valence-corrected chi connectivity index (χ4v) is 2.76. The Kier molecular flexibility index (Phi) is 8.36. The number of ether oxygens (including phenoxy) is 1. The van der Waals surface area contributed by atoms with Gasteiger partial charge in [0.15, 0.2) is 0 Å². The lowest BCUT2D eigenvalue weighted by atomic mass is 10.0. The Hall–Kier alpha value is -1.09. The number of aryl methyl sites for hydroxylation is 1. The first-order valence-corrected chi connectivity index (χ1v) is 8.27. The zero-order valence-corrected chi connectivity index (χ0v) is 14.1. The number of aliphatic hydroxyl groups excluding tert-OH is 1. The van der Waals surface area contributed by atoms with Crippen molar-refractivity contribution >= 4 is 0 Å². The number of hydrogen-bond acceptors (Lipinski definition) is 3. The summed E-state index contributed by atoms with van der Waals surface area (Å²) in [6.07, 6.45) is 10.6. The Morgan fingerprint density at radius 3 is 2.48 bits per heavy atom. The number of hydrogen-bond donors (Lipinski definition) is 1. The van der Waals surface area contributed by atoms with Crippen molar-refractivity contribution < 1.29 is 9.84 Å². The minimum Gasteiger partial charge on any atom is -0.496 e. The van der Waals surface area contributed by atoms with Gasteiger partial charge in [0.1, 0.15) is 5.75 Å². The van der Waals surface area contributed by atoms with Crippen LogP contribution in [0.4, 0.5) is 0 Å². The van der Waals surface area contributed by atoms with Crippen LogP contribution in [-0.2, 0) is 6.42 Å². The van der Waals surface area contributed by atoms with Crippen molar-refractivity contribution in [3.8, 4) is 5.75 Å². The van der Waals surface area contributed by atoms with Gasteiger partial charge in [0, 0.05) is 29.4 Å². The summed E-state index contributed by atoms with van der Waals surface area (Å²) in [6.45, 7) is 6.25. The summed E-state index contributed by atoms with van der Waals surface area (Å²) in [5, 5.41) is 10.2. The highest BCUT2D eigenvalue weighted by atomic mass is 16.5. The van der Waals surface area contributed by atoms with Gasteiger partial charge in [-0.2, -0.15) is 0 Å². The normalized spacial score (nSPS) is 12.4. The molecule has 0 bridgehead atoms. The third-order valence-electron chi connectivity index (χ3n) is 4.07. The molecule has 0 amide bonds. The summed E-state index contributed by atoms with van der Waals surface area (Å²) in [5.74, 6) is 0.895. The first kappa shape index (κ1) is 18.0. The van der Waals surface area contributed by atoms with Crippen LogP contribution in [-0.4, -0.2) is 23.3 Å². The van der Waals surface area contributed by atoms with Crippen LogP contribution in [0.5, 0.6) is 5.75 Å². The molecule has 21 heavy (non-hydrogen) atoms. The van der Waals surface area contributed by atoms with Gasteiger partial charge in [-0.3, -0.25) is 4.98 Å². The summed E-state index contributed by atoms with van der Waals surface area (Å²) in [7, 11) is 1.69. The van der Waals surface area contributed by atoms with Crippen molar-refractivity contribution in [3.05, 3.63) is 23.0 Å². The van der Waals surface area contributed by atoms with Crippen LogP contribution < -0.4 is 4.74 Å². The molecule has 3 heteroatoms. The van der Waals surface area contributed by atoms with E-state index in [2.05, 4.69) is 11.9 Å². The molecule has 0 saturated carbocycles. The lowest BCUT2D eigenvalue weighted by Crippen LogP contribution is -2.13. The summed E-state index contributed by atoms with van der Waals surface area (Å²) in [5.41, 5.74) is 3.06. The highest BCUT2D eigenvalue weighted by Gasteiger charge is 2.13. The van der Waals surface area contributed by atoms with Crippen LogP contribution in [0, 0.1) is 13.8 Å². The number of aliphatic hydroxyl groups is 1. The average molecular weight is 293 g/mol. The molecular formula is C18H31NO2. The predicted octanol–water partition coefficient (Wildman–Crippen LogP) is 4.36. The molecule has 1 aromatic heterocycles. The second-order valence-electron chi connectivity index (χ2n) is 5.96. The highest BCUT2D eigenvalue weighted by molar-refractivity contribution is 5.41. The van der Waals surface area contributed by atoms with E-state index >= 15 is 0 Å². The maximum atomic E-state index is 10.2. The minimum atomic E-state index is -0.296. The van der Waals surface area contributed by atoms with Gasteiger partial charge in [-0.15, -0.1) is 0 Å². The molecule has 0 aliphatic heterocycles. The number of unbranched alkanes of at least 4 members (excludes halogenated alkanes) is 5. The molecular weight excluding hydrogens is 262 g/mol. The highest BCUT2D eigenvalue weighted by Crippen LogP contribution is 2.25. The Morgan fingerprint density at radius 2 is 1.81 bits per heavy atom. The lowest BCUT2D eigenvalue weighted by molar-refractivity contribution is 0.159. The minimum absolute atomic E-state index is 0.296. The van der Waals surface area contributed by atoms with Crippen molar-refractivity contribution in [2.45, 2.75) is 78.2 Å². The Balaban J connectivity index is 2.39. The van der Waals surface area contributed by atoms with E-state index < -0.39 is 0 Å². The van der Waals surface area contributed by atoms with Crippen LogP contribution >= 0.6 is 0 Å². The maximum Gasteiger partial charge on any atom is 0.128 e. The van der Waals surface area contributed by atoms with Crippen LogP contribution in [0.3, 0.4) is 0 Å². The van der Waals surface area contributed by atoms with E-state index in [9.17, 15) is 5.11 Å². The Morgan fingerprint density at radius 1 is 1.14 bits per heavy atom. The standard InChI is InChI=1S/C18H31NO2/c1-5-6-7-8-9-10-11-16(20)12-17-15(3)18(21-4)14(2)13-19-17/h13,16,20H,5-12H2,1-4H3. The SMILES string of the molecule is CCCCCCCCC(O)Cc1ncc(C)c(OC)c1C. The van der Waals surface area contributed by atoms with Gasteiger partial charge >= 0.3 is 0 Å². The molecule has 120 valence electrons. The monoisotopic (exact) mass is 293 g/mol. The van der Waals surface area contributed by atoms with Gasteiger partial charge in [-0.05, 0) is 20.3 Å². The fraction of sp³-hybridized carbons (Fsp3) is 0.722. The smallest absolute Gasteiger partial charge is 0.128 e. The molecule has 1 atom stereocenters. The molecule has 0 spiro atoms. The van der Waals surface area contributed by atoms with Gasteiger partial charge in [-0.25, -0.2) is 0 Å². The Labute approximate surface area is 129 Å². The number of nitrogens with zero attached hydrogens (tertiary/aromatic N) is 1. The van der Waals surface area contributed by atoms with E-state index in [-0.39, 0.29) is 6.10 Å². The first-order valence-electron chi connectivity index (χ1n) is 8.27. The van der Waals surface area contributed by atoms with Crippen molar-refractivity contribution in [3.63, 3.8) is 0 Å². The number of methoxy groups -OCH3 is 1. The topological polar surface area (TPSA) is 42.4 Å². The molecule has 0 aliphatic carbocycles. The van der Waals surface area contributed by atoms with Crippen LogP contribution in [0.25, 0.3) is 0 Å². The molecule has 1 unspecified atom stereocenters. The summed E-state index contributed by atoms with van der Waals surface area (Å²) >= 11 is 0. The molecule has 0 aliphatic rings. The molecule has 1 heterocycles. The molecule has 0 saturated heterocycles. The largest absolute Gasteiger partial charge is 0.496 e. The number of pyridine rings is 1. The average Bonchev–Trinajstić information content (AvgIpc) is 2.46. The van der Waals surface area contributed by atoms with Crippen molar-refractivity contribution in [1.29, 1.82) is 0 Å². The van der Waals surface area contributed by atoms with Gasteiger partial charge in [0.05, 0.1) is 13.2 Å². The summed E-state index contributed by atoms with van der Waals surface area (Å²) in [6, 6.07) is 0. The molecule has 0 radical (unpaired) electrons. The van der Waals surface area contributed by atoms with Crippen molar-refractivity contribution in [2.24, 2.45) is 0 Å². The van der Waals surface area contributed by atoms with Gasteiger partial charge < -0.3 is 9.84 Å². The lowest BCUT2D eigenvalue weighted by Gasteiger charge is -2.15. The molecule has 0 fully saturated rings.